The van der Waals surface area contributed by atoms with Crippen molar-refractivity contribution in [3.05, 3.63) is 84.9 Å². The van der Waals surface area contributed by atoms with Crippen molar-refractivity contribution in [1.82, 2.24) is 0 Å². The van der Waals surface area contributed by atoms with E-state index in [4.69, 9.17) is 28.4 Å². The lowest BCUT2D eigenvalue weighted by Crippen LogP contribution is -2.24. The summed E-state index contributed by atoms with van der Waals surface area (Å²) in [6, 6.07) is 25.6. The summed E-state index contributed by atoms with van der Waals surface area (Å²) in [5, 5.41) is 0. The predicted octanol–water partition coefficient (Wildman–Crippen LogP) is 9.29. The van der Waals surface area contributed by atoms with Crippen LogP contribution in [0.5, 0.6) is 17.2 Å². The molecule has 2 saturated heterocycles. The summed E-state index contributed by atoms with van der Waals surface area (Å²) < 4.78 is 72.6. The minimum Gasteiger partial charge on any atom is -0.465 e. The topological polar surface area (TPSA) is 110 Å². The highest BCUT2D eigenvalue weighted by Gasteiger charge is 2.25. The first-order valence-electron chi connectivity index (χ1n) is 17.6. The van der Waals surface area contributed by atoms with Crippen molar-refractivity contribution in [2.75, 3.05) is 19.8 Å². The number of benzene rings is 4. The first-order chi connectivity index (χ1) is 24.3. The highest BCUT2D eigenvalue weighted by atomic mass is 32.2. The van der Waals surface area contributed by atoms with Crippen molar-refractivity contribution in [2.24, 2.45) is 0 Å². The van der Waals surface area contributed by atoms with Gasteiger partial charge in [0.15, 0.2) is 18.9 Å². The maximum atomic E-state index is 13.2. The normalized spacial score (nSPS) is 18.7. The lowest BCUT2D eigenvalue weighted by atomic mass is 9.93. The molecule has 2 heterocycles. The van der Waals surface area contributed by atoms with Crippen LogP contribution >= 0.6 is 0 Å². The zero-order chi connectivity index (χ0) is 34.9. The molecule has 0 spiro atoms. The van der Waals surface area contributed by atoms with Crippen molar-refractivity contribution in [3.63, 3.8) is 0 Å². The summed E-state index contributed by atoms with van der Waals surface area (Å²) in [5.74, 6) is 1.90. The van der Waals surface area contributed by atoms with Crippen LogP contribution in [0.1, 0.15) is 65.2 Å². The Morgan fingerprint density at radius 1 is 0.680 bits per heavy atom. The van der Waals surface area contributed by atoms with Crippen LogP contribution in [0.15, 0.2) is 89.8 Å². The van der Waals surface area contributed by atoms with Crippen molar-refractivity contribution >= 4 is 10.1 Å². The van der Waals surface area contributed by atoms with Crippen LogP contribution in [0.3, 0.4) is 0 Å². The molecule has 10 heteroatoms. The molecule has 50 heavy (non-hydrogen) atoms. The van der Waals surface area contributed by atoms with Crippen LogP contribution in [0.25, 0.3) is 33.4 Å². The third-order valence-corrected chi connectivity index (χ3v) is 9.74. The zero-order valence-electron chi connectivity index (χ0n) is 28.7. The van der Waals surface area contributed by atoms with Crippen molar-refractivity contribution in [1.29, 1.82) is 0 Å². The van der Waals surface area contributed by atoms with E-state index in [-0.39, 0.29) is 17.5 Å². The predicted molar refractivity (Wildman–Crippen MR) is 192 cm³/mol. The molecule has 2 aliphatic rings. The van der Waals surface area contributed by atoms with Crippen LogP contribution in [0, 0.1) is 0 Å². The standard InChI is InChI=1S/C40H46O9S/c1-3-23-44-37(4-2)47-32-19-13-29(14-20-32)35-26-31(28-11-17-33(18-12-28)48-38-9-5-7-24-45-38)27-36(40(35)50(41,42)43)30-15-21-34(22-16-30)49-39-10-6-8-25-46-39/h11-22,26-27,37-39H,3-10,23-25H2,1-2H3,(H,41,42,43). The molecule has 0 aromatic heterocycles. The summed E-state index contributed by atoms with van der Waals surface area (Å²) in [6.07, 6.45) is 6.40. The van der Waals surface area contributed by atoms with Crippen LogP contribution in [-0.4, -0.2) is 51.7 Å². The van der Waals surface area contributed by atoms with Gasteiger partial charge >= 0.3 is 0 Å². The number of hydrogen-bond donors (Lipinski definition) is 1. The Hall–Kier alpha value is -3.93. The fraction of sp³-hybridized carbons (Fsp3) is 0.400. The van der Waals surface area contributed by atoms with Crippen molar-refractivity contribution < 1.29 is 41.4 Å². The van der Waals surface area contributed by atoms with E-state index in [2.05, 4.69) is 0 Å². The molecule has 1 N–H and O–H groups in total. The first-order valence-corrected chi connectivity index (χ1v) is 19.1. The van der Waals surface area contributed by atoms with E-state index in [9.17, 15) is 13.0 Å². The second kappa shape index (κ2) is 16.9. The average molecular weight is 703 g/mol. The van der Waals surface area contributed by atoms with E-state index >= 15 is 0 Å². The Kier molecular flexibility index (Phi) is 12.1. The lowest BCUT2D eigenvalue weighted by Gasteiger charge is -2.23. The zero-order valence-corrected chi connectivity index (χ0v) is 29.5. The van der Waals surface area contributed by atoms with Gasteiger partial charge in [-0.05, 0) is 103 Å². The third-order valence-electron chi connectivity index (χ3n) is 8.78. The maximum Gasteiger partial charge on any atom is 0.295 e. The Labute approximate surface area is 295 Å². The van der Waals surface area contributed by atoms with Gasteiger partial charge in [0.1, 0.15) is 22.1 Å². The van der Waals surface area contributed by atoms with Crippen LogP contribution < -0.4 is 14.2 Å². The number of rotatable bonds is 14. The molecule has 6 rings (SSSR count). The minimum atomic E-state index is -4.70. The van der Waals surface area contributed by atoms with Crippen LogP contribution in [0.4, 0.5) is 0 Å². The minimum absolute atomic E-state index is 0.189. The van der Waals surface area contributed by atoms with E-state index < -0.39 is 16.4 Å². The highest BCUT2D eigenvalue weighted by molar-refractivity contribution is 7.86. The number of hydrogen-bond acceptors (Lipinski definition) is 8. The monoisotopic (exact) mass is 702 g/mol. The molecule has 3 atom stereocenters. The number of ether oxygens (including phenoxy) is 6. The Morgan fingerprint density at radius 2 is 1.16 bits per heavy atom. The van der Waals surface area contributed by atoms with Gasteiger partial charge in [-0.25, -0.2) is 0 Å². The van der Waals surface area contributed by atoms with Gasteiger partial charge in [0.05, 0.1) is 19.8 Å². The van der Waals surface area contributed by atoms with E-state index in [0.717, 1.165) is 56.1 Å². The second-order valence-corrected chi connectivity index (χ2v) is 14.0. The summed E-state index contributed by atoms with van der Waals surface area (Å²) in [4.78, 5) is -0.189. The van der Waals surface area contributed by atoms with Crippen molar-refractivity contribution in [2.45, 2.75) is 89.0 Å². The molecular formula is C40H46O9S. The van der Waals surface area contributed by atoms with Gasteiger partial charge in [0.2, 0.25) is 0 Å². The first kappa shape index (κ1) is 35.9. The highest BCUT2D eigenvalue weighted by Crippen LogP contribution is 2.41. The quantitative estimate of drug-likeness (QED) is 0.102. The van der Waals surface area contributed by atoms with E-state index in [0.29, 0.717) is 65.7 Å². The second-order valence-electron chi connectivity index (χ2n) is 12.6. The van der Waals surface area contributed by atoms with E-state index in [1.54, 1.807) is 60.7 Å². The maximum absolute atomic E-state index is 13.2. The molecule has 0 radical (unpaired) electrons. The SMILES string of the molecule is CCCOC(CC)Oc1ccc(-c2cc(-c3ccc(OC4CCCCO4)cc3)cc(-c3ccc(OC4CCCCO4)cc3)c2S(=O)(=O)O)cc1. The smallest absolute Gasteiger partial charge is 0.295 e. The molecule has 0 aliphatic carbocycles. The summed E-state index contributed by atoms with van der Waals surface area (Å²) in [6.45, 7) is 5.98. The molecule has 3 unspecified atom stereocenters. The molecule has 266 valence electrons. The molecule has 2 fully saturated rings. The third kappa shape index (κ3) is 9.24. The molecule has 0 saturated carbocycles. The molecule has 4 aromatic carbocycles. The van der Waals surface area contributed by atoms with Gasteiger partial charge in [-0.15, -0.1) is 0 Å². The van der Waals surface area contributed by atoms with Gasteiger partial charge in [0.25, 0.3) is 10.1 Å². The molecule has 0 bridgehead atoms. The summed E-state index contributed by atoms with van der Waals surface area (Å²) in [7, 11) is -4.70. The Bertz CT molecular complexity index is 1780. The van der Waals surface area contributed by atoms with Crippen LogP contribution in [-0.2, 0) is 24.3 Å². The molecule has 2 aliphatic heterocycles. The fourth-order valence-corrected chi connectivity index (χ4v) is 7.11. The Balaban J connectivity index is 1.38. The van der Waals surface area contributed by atoms with Crippen LogP contribution in [0.2, 0.25) is 0 Å². The van der Waals surface area contributed by atoms with Gasteiger partial charge in [-0.2, -0.15) is 8.42 Å². The summed E-state index contributed by atoms with van der Waals surface area (Å²) >= 11 is 0. The van der Waals surface area contributed by atoms with E-state index in [1.807, 2.05) is 38.1 Å². The fourth-order valence-electron chi connectivity index (χ4n) is 6.20. The molecule has 9 nitrogen and oxygen atoms in total. The van der Waals surface area contributed by atoms with E-state index in [1.165, 1.54) is 0 Å². The lowest BCUT2D eigenvalue weighted by molar-refractivity contribution is -0.106. The van der Waals surface area contributed by atoms with Gasteiger partial charge < -0.3 is 28.4 Å². The largest absolute Gasteiger partial charge is 0.465 e. The average Bonchev–Trinajstić information content (AvgIpc) is 3.14. The summed E-state index contributed by atoms with van der Waals surface area (Å²) in [5.41, 5.74) is 3.52. The van der Waals surface area contributed by atoms with Gasteiger partial charge in [-0.1, -0.05) is 50.2 Å². The molecule has 0 amide bonds. The molecule has 4 aromatic rings. The Morgan fingerprint density at radius 3 is 1.58 bits per heavy atom. The van der Waals surface area contributed by atoms with Gasteiger partial charge in [-0.3, -0.25) is 4.55 Å². The van der Waals surface area contributed by atoms with Gasteiger partial charge in [0, 0.05) is 30.4 Å². The van der Waals surface area contributed by atoms with Crippen molar-refractivity contribution in [3.8, 4) is 50.6 Å². The molecular weight excluding hydrogens is 656 g/mol.